The van der Waals surface area contributed by atoms with Gasteiger partial charge < -0.3 is 106 Å². The normalized spacial score (nSPS) is 13.0. The molecule has 32 nitrogen and oxygen atoms in total. The van der Waals surface area contributed by atoms with E-state index in [1.807, 2.05) is 0 Å². The van der Waals surface area contributed by atoms with Gasteiger partial charge in [-0.25, -0.2) is 4.79 Å². The molecule has 0 heterocycles. The van der Waals surface area contributed by atoms with Crippen LogP contribution in [0.1, 0.15) is 83.5 Å². The highest BCUT2D eigenvalue weighted by atomic mass is 32.1. The topological polar surface area (TPSA) is 598 Å². The van der Waals surface area contributed by atoms with Crippen LogP contribution >= 0.6 is 12.6 Å². The molecule has 0 rings (SSSR count). The Morgan fingerprint density at radius 2 is 0.542 bits per heavy atom. The van der Waals surface area contributed by atoms with E-state index in [1.54, 1.807) is 0 Å². The van der Waals surface area contributed by atoms with Gasteiger partial charge >= 0.3 is 5.97 Å². The lowest BCUT2D eigenvalue weighted by atomic mass is 10.0. The van der Waals surface area contributed by atoms with Crippen molar-refractivity contribution >= 4 is 89.8 Å². The summed E-state index contributed by atoms with van der Waals surface area (Å²) in [7, 11) is 0. The minimum Gasteiger partial charge on any atom is -0.480 e. The van der Waals surface area contributed by atoms with Gasteiger partial charge in [-0.1, -0.05) is 0 Å². The molecule has 0 aromatic carbocycles. The Bertz CT molecular complexity index is 1910. The molecule has 0 aromatic heterocycles. The number of carboxylic acids is 1. The van der Waals surface area contributed by atoms with E-state index in [9.17, 15) is 38.7 Å². The second-order valence-electron chi connectivity index (χ2n) is 15.9. The number of carboxylic acid groups (broad SMARTS) is 1. The van der Waals surface area contributed by atoms with Gasteiger partial charge in [-0.3, -0.25) is 58.7 Å². The third kappa shape index (κ3) is 32.1. The van der Waals surface area contributed by atoms with Crippen LogP contribution in [0.5, 0.6) is 0 Å². The summed E-state index contributed by atoms with van der Waals surface area (Å²) in [5.74, 6) is -7.28. The summed E-state index contributed by atoms with van der Waals surface area (Å²) in [6, 6.07) is -8.15. The van der Waals surface area contributed by atoms with Gasteiger partial charge in [-0.15, -0.1) is 0 Å². The Kier molecular flexibility index (Phi) is 33.1. The van der Waals surface area contributed by atoms with Crippen molar-refractivity contribution in [1.29, 1.82) is 0 Å². The number of aliphatic carboxylic acids is 1. The Labute approximate surface area is 422 Å². The lowest BCUT2D eigenvalue weighted by Gasteiger charge is -2.27. The standard InChI is InChI=1S/C39H78N24O8S/c40-34(41)52-14-1-7-21(58-27(64)13-20-72)28(65)59-22(8-2-15-53-35(42)43)29(66)60-23(9-3-16-54-36(44)45)30(67)61-24(10-4-17-55-37(46)47)31(68)62-25(11-5-18-56-38(48)49)32(69)63-26(33(70)71)12-6-19-57-39(50)51/h21-26,72H,1-20H2,(H,58,64)(H,59,65)(H,60,66)(H,61,67)(H,62,68)(H,63,69)(H,70,71)(H4,40,41,52)(H4,42,43,53)(H4,44,45,54)(H4,46,47,55)(H4,48,49,56)(H4,50,51,57)/t21-,22-,23-,24-,25-,26-/m0/s1. The van der Waals surface area contributed by atoms with Crippen LogP contribution in [0.2, 0.25) is 0 Å². The second kappa shape index (κ2) is 37.1. The highest BCUT2D eigenvalue weighted by Gasteiger charge is 2.33. The maximum absolute atomic E-state index is 14.3. The third-order valence-electron chi connectivity index (χ3n) is 9.81. The first-order chi connectivity index (χ1) is 34.0. The zero-order valence-corrected chi connectivity index (χ0v) is 41.4. The lowest BCUT2D eigenvalue weighted by Crippen LogP contribution is -2.59. The molecule has 0 fully saturated rings. The van der Waals surface area contributed by atoms with Gasteiger partial charge in [0, 0.05) is 45.7 Å². The fraction of sp³-hybridized carbons (Fsp3) is 0.667. The van der Waals surface area contributed by atoms with Crippen molar-refractivity contribution in [3.05, 3.63) is 0 Å². The molecule has 0 spiro atoms. The molecule has 0 aliphatic rings. The largest absolute Gasteiger partial charge is 0.480 e. The number of nitrogens with zero attached hydrogens (tertiary/aromatic N) is 6. The van der Waals surface area contributed by atoms with Crippen molar-refractivity contribution in [2.75, 3.05) is 45.0 Å². The first kappa shape index (κ1) is 64.3. The Hall–Kier alpha value is -7.74. The number of amides is 6. The maximum atomic E-state index is 14.3. The molecule has 408 valence electrons. The van der Waals surface area contributed by atoms with Gasteiger partial charge in [-0.2, -0.15) is 12.6 Å². The summed E-state index contributed by atoms with van der Waals surface area (Å²) in [5, 5.41) is 25.5. The van der Waals surface area contributed by atoms with Gasteiger partial charge in [0.2, 0.25) is 35.4 Å². The first-order valence-corrected chi connectivity index (χ1v) is 23.6. The van der Waals surface area contributed by atoms with Crippen LogP contribution in [0.25, 0.3) is 0 Å². The van der Waals surface area contributed by atoms with E-state index in [0.29, 0.717) is 0 Å². The molecule has 31 N–H and O–H groups in total. The van der Waals surface area contributed by atoms with Crippen LogP contribution in [-0.2, 0) is 33.6 Å². The number of hydrogen-bond donors (Lipinski definition) is 20. The average molecular weight is 1040 g/mol. The number of thiol groups is 1. The molecule has 0 radical (unpaired) electrons. The van der Waals surface area contributed by atoms with Crippen LogP contribution in [0.15, 0.2) is 30.0 Å². The maximum Gasteiger partial charge on any atom is 0.326 e. The van der Waals surface area contributed by atoms with Crippen LogP contribution in [0.3, 0.4) is 0 Å². The van der Waals surface area contributed by atoms with Gasteiger partial charge in [0.1, 0.15) is 36.3 Å². The van der Waals surface area contributed by atoms with Gasteiger partial charge in [-0.05, 0) is 82.8 Å². The molecule has 6 amide bonds. The van der Waals surface area contributed by atoms with E-state index in [2.05, 4.69) is 74.5 Å². The lowest BCUT2D eigenvalue weighted by molar-refractivity contribution is -0.142. The summed E-state index contributed by atoms with van der Waals surface area (Å²) in [6.07, 6.45) is 0.494. The number of carbonyl (C=O) groups excluding carboxylic acids is 6. The molecular weight excluding hydrogens is 965 g/mol. The number of carbonyl (C=O) groups is 7. The van der Waals surface area contributed by atoms with Crippen molar-refractivity contribution in [2.24, 2.45) is 98.8 Å². The van der Waals surface area contributed by atoms with Gasteiger partial charge in [0.05, 0.1) is 0 Å². The van der Waals surface area contributed by atoms with Gasteiger partial charge in [0.25, 0.3) is 0 Å². The van der Waals surface area contributed by atoms with E-state index in [0.717, 1.165) is 0 Å². The minimum absolute atomic E-state index is 0.00877. The molecule has 0 bridgehead atoms. The number of rotatable bonds is 38. The molecule has 0 aliphatic heterocycles. The number of guanidine groups is 6. The number of nitrogens with two attached hydrogens (primary N) is 12. The molecule has 0 unspecified atom stereocenters. The summed E-state index contributed by atoms with van der Waals surface area (Å²) in [4.78, 5) is 118. The predicted octanol–water partition coefficient (Wildman–Crippen LogP) is -8.38. The van der Waals surface area contributed by atoms with Crippen LogP contribution in [0.4, 0.5) is 0 Å². The van der Waals surface area contributed by atoms with Crippen molar-refractivity contribution in [2.45, 2.75) is 120 Å². The van der Waals surface area contributed by atoms with Crippen LogP contribution in [0, 0.1) is 0 Å². The molecule has 72 heavy (non-hydrogen) atoms. The summed E-state index contributed by atoms with van der Waals surface area (Å²) in [6.45, 7) is 0.302. The van der Waals surface area contributed by atoms with E-state index >= 15 is 0 Å². The number of nitrogens with one attached hydrogen (secondary N) is 6. The zero-order chi connectivity index (χ0) is 54.6. The van der Waals surface area contributed by atoms with E-state index in [1.165, 1.54) is 0 Å². The van der Waals surface area contributed by atoms with E-state index < -0.39 is 77.7 Å². The SMILES string of the molecule is NC(N)=NCCC[C@H](NC(=O)[C@H](CCCN=C(N)N)NC(=O)[C@H](CCCN=C(N)N)NC(=O)[C@H](CCCN=C(N)N)NC(=O)[C@H](CCCN=C(N)N)NC(=O)[C@H](CCCN=C(N)N)NC(=O)CCS)C(=O)O. The fourth-order valence-corrected chi connectivity index (χ4v) is 6.56. The Balaban J connectivity index is 7.04. The third-order valence-corrected chi connectivity index (χ3v) is 10.0. The smallest absolute Gasteiger partial charge is 0.326 e. The quantitative estimate of drug-likeness (QED) is 0.0118. The summed E-state index contributed by atoms with van der Waals surface area (Å²) < 4.78 is 0. The highest BCUT2D eigenvalue weighted by Crippen LogP contribution is 2.10. The number of hydrogen-bond acceptors (Lipinski definition) is 14. The minimum atomic E-state index is -1.43. The predicted molar refractivity (Wildman–Crippen MR) is 277 cm³/mol. The van der Waals surface area contributed by atoms with Crippen molar-refractivity contribution in [1.82, 2.24) is 31.9 Å². The molecule has 0 saturated carbocycles. The van der Waals surface area contributed by atoms with Crippen molar-refractivity contribution < 1.29 is 38.7 Å². The molecule has 0 aromatic rings. The van der Waals surface area contributed by atoms with Crippen LogP contribution < -0.4 is 101 Å². The second-order valence-corrected chi connectivity index (χ2v) is 16.4. The van der Waals surface area contributed by atoms with Crippen molar-refractivity contribution in [3.8, 4) is 0 Å². The monoisotopic (exact) mass is 1040 g/mol. The zero-order valence-electron chi connectivity index (χ0n) is 40.5. The Morgan fingerprint density at radius 3 is 0.736 bits per heavy atom. The van der Waals surface area contributed by atoms with E-state index in [4.69, 9.17) is 68.8 Å². The molecule has 6 atom stereocenters. The van der Waals surface area contributed by atoms with Gasteiger partial charge in [0.15, 0.2) is 35.8 Å². The Morgan fingerprint density at radius 1 is 0.347 bits per heavy atom. The average Bonchev–Trinajstić information content (AvgIpc) is 3.28. The van der Waals surface area contributed by atoms with Crippen LogP contribution in [-0.4, -0.2) is 164 Å². The molecule has 33 heteroatoms. The van der Waals surface area contributed by atoms with Crippen molar-refractivity contribution in [3.63, 3.8) is 0 Å². The van der Waals surface area contributed by atoms with E-state index in [-0.39, 0.29) is 164 Å². The fourth-order valence-electron chi connectivity index (χ4n) is 6.35. The number of aliphatic imine (C=N–C) groups is 6. The summed E-state index contributed by atoms with van der Waals surface area (Å²) in [5.41, 5.74) is 65.5. The molecule has 0 aliphatic carbocycles. The summed E-state index contributed by atoms with van der Waals surface area (Å²) >= 11 is 4.08. The highest BCUT2D eigenvalue weighted by molar-refractivity contribution is 7.80. The first-order valence-electron chi connectivity index (χ1n) is 22.9. The molecule has 0 saturated heterocycles. The molecular formula is C39H78N24O8S.